The minimum atomic E-state index is -4.67. The lowest BCUT2D eigenvalue weighted by molar-refractivity contribution is -0.137. The van der Waals surface area contributed by atoms with Crippen molar-refractivity contribution in [3.05, 3.63) is 53.6 Å². The van der Waals surface area contributed by atoms with Gasteiger partial charge in [-0.05, 0) is 55.4 Å². The van der Waals surface area contributed by atoms with Gasteiger partial charge < -0.3 is 15.1 Å². The number of amides is 1. The summed E-state index contributed by atoms with van der Waals surface area (Å²) in [6.45, 7) is 8.19. The normalized spacial score (nSPS) is 15.5. The van der Waals surface area contributed by atoms with Crippen LogP contribution in [0.25, 0.3) is 0 Å². The molecule has 2 N–H and O–H groups in total. The second-order valence-electron chi connectivity index (χ2n) is 7.82. The molecule has 1 aliphatic heterocycles. The van der Waals surface area contributed by atoms with Crippen LogP contribution in [-0.2, 0) is 21.0 Å². The molecule has 0 saturated carbocycles. The average Bonchev–Trinajstić information content (AvgIpc) is 2.79. The highest BCUT2D eigenvalue weighted by Gasteiger charge is 2.31. The number of carbonyl (C=O) groups excluding carboxylic acids is 1. The fourth-order valence-electron chi connectivity index (χ4n) is 3.58. The Morgan fingerprint density at radius 2 is 1.76 bits per heavy atom. The number of aryl methyl sites for hydroxylation is 1. The zero-order valence-electron chi connectivity index (χ0n) is 18.4. The third-order valence-electron chi connectivity index (χ3n) is 5.56. The van der Waals surface area contributed by atoms with Crippen LogP contribution < -0.4 is 14.9 Å². The number of hydrogen-bond donors (Lipinski definition) is 2. The van der Waals surface area contributed by atoms with Gasteiger partial charge in [-0.1, -0.05) is 13.0 Å². The van der Waals surface area contributed by atoms with Crippen LogP contribution in [0.4, 0.5) is 24.5 Å². The van der Waals surface area contributed by atoms with E-state index in [1.165, 1.54) is 0 Å². The van der Waals surface area contributed by atoms with Crippen LogP contribution in [0.3, 0.4) is 0 Å². The molecule has 3 rings (SSSR count). The van der Waals surface area contributed by atoms with Crippen LogP contribution in [-0.4, -0.2) is 58.5 Å². The lowest BCUT2D eigenvalue weighted by Crippen LogP contribution is -2.46. The maximum atomic E-state index is 12.8. The second-order valence-corrected chi connectivity index (χ2v) is 9.59. The molecule has 1 aliphatic rings. The van der Waals surface area contributed by atoms with Crippen LogP contribution in [0.1, 0.15) is 18.1 Å². The number of nitrogens with one attached hydrogen (secondary N) is 2. The van der Waals surface area contributed by atoms with Gasteiger partial charge >= 0.3 is 6.18 Å². The highest BCUT2D eigenvalue weighted by Crippen LogP contribution is 2.30. The molecule has 180 valence electrons. The van der Waals surface area contributed by atoms with Gasteiger partial charge in [-0.15, -0.1) is 0 Å². The molecule has 1 fully saturated rings. The Bertz CT molecular complexity index is 1100. The Morgan fingerprint density at radius 1 is 1.06 bits per heavy atom. The van der Waals surface area contributed by atoms with Gasteiger partial charge in [0.25, 0.3) is 0 Å². The van der Waals surface area contributed by atoms with E-state index in [4.69, 9.17) is 0 Å². The SMILES string of the molecule is CCN1CCN(c2ccc(NC(=O)CNS(=O)(=O)c3cccc(C(F)(F)F)c3)c(C)c2)CC1. The van der Waals surface area contributed by atoms with E-state index in [0.29, 0.717) is 11.8 Å². The van der Waals surface area contributed by atoms with Gasteiger partial charge in [0.1, 0.15) is 0 Å². The molecule has 33 heavy (non-hydrogen) atoms. The molecule has 0 bridgehead atoms. The van der Waals surface area contributed by atoms with E-state index < -0.39 is 39.1 Å². The van der Waals surface area contributed by atoms with Gasteiger partial charge in [-0.2, -0.15) is 13.2 Å². The molecule has 0 atom stereocenters. The van der Waals surface area contributed by atoms with E-state index in [1.807, 2.05) is 23.8 Å². The van der Waals surface area contributed by atoms with Gasteiger partial charge in [0, 0.05) is 37.6 Å². The minimum Gasteiger partial charge on any atom is -0.369 e. The van der Waals surface area contributed by atoms with Crippen molar-refractivity contribution in [3.63, 3.8) is 0 Å². The third-order valence-corrected chi connectivity index (χ3v) is 6.96. The van der Waals surface area contributed by atoms with Gasteiger partial charge in [0.15, 0.2) is 0 Å². The first-order valence-corrected chi connectivity index (χ1v) is 12.0. The van der Waals surface area contributed by atoms with E-state index in [1.54, 1.807) is 6.07 Å². The van der Waals surface area contributed by atoms with Crippen molar-refractivity contribution in [2.75, 3.05) is 49.5 Å². The number of halogens is 3. The Hall–Kier alpha value is -2.63. The third kappa shape index (κ3) is 6.46. The van der Waals surface area contributed by atoms with E-state index in [0.717, 1.165) is 62.2 Å². The molecular formula is C22H27F3N4O3S. The van der Waals surface area contributed by atoms with Crippen molar-refractivity contribution in [1.29, 1.82) is 0 Å². The molecule has 1 saturated heterocycles. The first-order chi connectivity index (χ1) is 15.5. The summed E-state index contributed by atoms with van der Waals surface area (Å²) in [6.07, 6.45) is -4.67. The number of anilines is 2. The van der Waals surface area contributed by atoms with E-state index >= 15 is 0 Å². The highest BCUT2D eigenvalue weighted by molar-refractivity contribution is 7.89. The Kier molecular flexibility index (Phi) is 7.65. The predicted molar refractivity (Wildman–Crippen MR) is 121 cm³/mol. The van der Waals surface area contributed by atoms with Gasteiger partial charge in [-0.3, -0.25) is 4.79 Å². The molecule has 7 nitrogen and oxygen atoms in total. The molecule has 11 heteroatoms. The number of alkyl halides is 3. The molecule has 0 unspecified atom stereocenters. The van der Waals surface area contributed by atoms with Crippen molar-refractivity contribution < 1.29 is 26.4 Å². The van der Waals surface area contributed by atoms with Crippen molar-refractivity contribution in [2.45, 2.75) is 24.9 Å². The first-order valence-electron chi connectivity index (χ1n) is 10.5. The summed E-state index contributed by atoms with van der Waals surface area (Å²) < 4.78 is 65.3. The van der Waals surface area contributed by atoms with Crippen LogP contribution in [0, 0.1) is 6.92 Å². The summed E-state index contributed by atoms with van der Waals surface area (Å²) in [7, 11) is -4.29. The monoisotopic (exact) mass is 484 g/mol. The summed E-state index contributed by atoms with van der Waals surface area (Å²) in [5.41, 5.74) is 1.32. The molecule has 0 aliphatic carbocycles. The van der Waals surface area contributed by atoms with Crippen molar-refractivity contribution >= 4 is 27.3 Å². The quantitative estimate of drug-likeness (QED) is 0.631. The number of sulfonamides is 1. The number of hydrogen-bond acceptors (Lipinski definition) is 5. The Labute approximate surface area is 191 Å². The first kappa shape index (κ1) is 25.0. The highest BCUT2D eigenvalue weighted by atomic mass is 32.2. The zero-order chi connectivity index (χ0) is 24.2. The summed E-state index contributed by atoms with van der Waals surface area (Å²) in [5.74, 6) is -0.627. The second kappa shape index (κ2) is 10.1. The van der Waals surface area contributed by atoms with Crippen molar-refractivity contribution in [2.24, 2.45) is 0 Å². The maximum absolute atomic E-state index is 12.8. The lowest BCUT2D eigenvalue weighted by Gasteiger charge is -2.35. The average molecular weight is 485 g/mol. The topological polar surface area (TPSA) is 81.8 Å². The summed E-state index contributed by atoms with van der Waals surface area (Å²) in [5, 5.41) is 2.64. The molecule has 1 amide bonds. The van der Waals surface area contributed by atoms with Crippen LogP contribution in [0.15, 0.2) is 47.4 Å². The number of rotatable bonds is 7. The summed E-state index contributed by atoms with van der Waals surface area (Å²) in [4.78, 5) is 16.4. The van der Waals surface area contributed by atoms with Gasteiger partial charge in [-0.25, -0.2) is 13.1 Å². The number of likely N-dealkylation sites (N-methyl/N-ethyl adjacent to an activating group) is 1. The zero-order valence-corrected chi connectivity index (χ0v) is 19.3. The Morgan fingerprint density at radius 3 is 2.36 bits per heavy atom. The molecule has 0 spiro atoms. The molecule has 0 aromatic heterocycles. The van der Waals surface area contributed by atoms with E-state index in [2.05, 4.69) is 22.0 Å². The number of carbonyl (C=O) groups is 1. The number of benzene rings is 2. The molecule has 2 aromatic rings. The lowest BCUT2D eigenvalue weighted by atomic mass is 10.1. The molecule has 2 aromatic carbocycles. The molecular weight excluding hydrogens is 457 g/mol. The van der Waals surface area contributed by atoms with Gasteiger partial charge in [0.05, 0.1) is 17.0 Å². The number of nitrogens with zero attached hydrogens (tertiary/aromatic N) is 2. The fraction of sp³-hybridized carbons (Fsp3) is 0.409. The molecule has 0 radical (unpaired) electrons. The maximum Gasteiger partial charge on any atom is 0.416 e. The summed E-state index contributed by atoms with van der Waals surface area (Å²) >= 11 is 0. The smallest absolute Gasteiger partial charge is 0.369 e. The Balaban J connectivity index is 1.59. The van der Waals surface area contributed by atoms with Crippen LogP contribution in [0.5, 0.6) is 0 Å². The predicted octanol–water partition coefficient (Wildman–Crippen LogP) is 3.07. The largest absolute Gasteiger partial charge is 0.416 e. The van der Waals surface area contributed by atoms with Crippen molar-refractivity contribution in [1.82, 2.24) is 9.62 Å². The van der Waals surface area contributed by atoms with E-state index in [-0.39, 0.29) is 0 Å². The number of piperazine rings is 1. The fourth-order valence-corrected chi connectivity index (χ4v) is 4.61. The summed E-state index contributed by atoms with van der Waals surface area (Å²) in [6, 6.07) is 8.98. The standard InChI is InChI=1S/C22H27F3N4O3S/c1-3-28-9-11-29(12-10-28)18-7-8-20(16(2)13-18)27-21(30)15-26-33(31,32)19-6-4-5-17(14-19)22(23,24)25/h4-8,13-14,26H,3,9-12,15H2,1-2H3,(H,27,30). The van der Waals surface area contributed by atoms with Crippen LogP contribution in [0.2, 0.25) is 0 Å². The van der Waals surface area contributed by atoms with Gasteiger partial charge in [0.2, 0.25) is 15.9 Å². The van der Waals surface area contributed by atoms with Crippen molar-refractivity contribution in [3.8, 4) is 0 Å². The molecule has 1 heterocycles. The minimum absolute atomic E-state index is 0.531. The van der Waals surface area contributed by atoms with E-state index in [9.17, 15) is 26.4 Å². The van der Waals surface area contributed by atoms with Crippen LogP contribution >= 0.6 is 0 Å².